The topological polar surface area (TPSA) is 101 Å². The van der Waals surface area contributed by atoms with Crippen molar-refractivity contribution >= 4 is 28.7 Å². The number of carbonyl (C=O) groups is 3. The van der Waals surface area contributed by atoms with Crippen LogP contribution in [0.5, 0.6) is 5.75 Å². The van der Waals surface area contributed by atoms with Crippen LogP contribution in [0.2, 0.25) is 0 Å². The van der Waals surface area contributed by atoms with E-state index in [0.29, 0.717) is 36.4 Å². The molecule has 3 aromatic rings. The van der Waals surface area contributed by atoms with Gasteiger partial charge in [-0.3, -0.25) is 19.5 Å². The van der Waals surface area contributed by atoms with Crippen LogP contribution in [0.3, 0.4) is 0 Å². The first-order chi connectivity index (χ1) is 15.1. The second-order valence-corrected chi connectivity index (χ2v) is 7.08. The number of hydrogen-bond acceptors (Lipinski definition) is 5. The van der Waals surface area contributed by atoms with Crippen molar-refractivity contribution in [1.29, 1.82) is 0 Å². The third kappa shape index (κ3) is 4.63. The Bertz CT molecular complexity index is 1110. The van der Waals surface area contributed by atoms with Crippen molar-refractivity contribution in [3.05, 3.63) is 71.9 Å². The van der Waals surface area contributed by atoms with Gasteiger partial charge in [-0.15, -0.1) is 0 Å². The fourth-order valence-electron chi connectivity index (χ4n) is 3.41. The van der Waals surface area contributed by atoms with E-state index < -0.39 is 6.03 Å². The zero-order valence-corrected chi connectivity index (χ0v) is 16.8. The molecule has 0 atom stereocenters. The molecule has 4 rings (SSSR count). The first-order valence-electron chi connectivity index (χ1n) is 10.0. The van der Waals surface area contributed by atoms with Gasteiger partial charge in [0.1, 0.15) is 11.3 Å². The van der Waals surface area contributed by atoms with Gasteiger partial charge in [0.15, 0.2) is 0 Å². The van der Waals surface area contributed by atoms with Gasteiger partial charge in [0.25, 0.3) is 5.91 Å². The van der Waals surface area contributed by atoms with E-state index in [1.165, 1.54) is 0 Å². The molecule has 158 valence electrons. The average molecular weight is 418 g/mol. The molecule has 4 amide bonds. The van der Waals surface area contributed by atoms with Crippen LogP contribution in [-0.2, 0) is 11.3 Å². The van der Waals surface area contributed by atoms with E-state index in [0.717, 1.165) is 15.8 Å². The van der Waals surface area contributed by atoms with Gasteiger partial charge in [-0.05, 0) is 30.2 Å². The lowest BCUT2D eigenvalue weighted by molar-refractivity contribution is -0.125. The fourth-order valence-corrected chi connectivity index (χ4v) is 3.41. The molecule has 1 aliphatic rings. The summed E-state index contributed by atoms with van der Waals surface area (Å²) in [6, 6.07) is 16.1. The summed E-state index contributed by atoms with van der Waals surface area (Å²) < 4.78 is 5.84. The zero-order valence-electron chi connectivity index (χ0n) is 16.8. The predicted octanol–water partition coefficient (Wildman–Crippen LogP) is 2.49. The summed E-state index contributed by atoms with van der Waals surface area (Å²) >= 11 is 0. The lowest BCUT2D eigenvalue weighted by atomic mass is 10.1. The normalized spacial score (nSPS) is 13.4. The summed E-state index contributed by atoms with van der Waals surface area (Å²) in [4.78, 5) is 41.7. The maximum absolute atomic E-state index is 12.6. The molecule has 8 nitrogen and oxygen atoms in total. The van der Waals surface area contributed by atoms with Gasteiger partial charge in [0.05, 0.1) is 19.7 Å². The van der Waals surface area contributed by atoms with Gasteiger partial charge in [0.2, 0.25) is 5.91 Å². The number of urea groups is 1. The number of para-hydroxylation sites is 1. The van der Waals surface area contributed by atoms with Crippen molar-refractivity contribution < 1.29 is 19.1 Å². The number of carbonyl (C=O) groups excluding carboxylic acids is 3. The Morgan fingerprint density at radius 3 is 2.77 bits per heavy atom. The van der Waals surface area contributed by atoms with Crippen LogP contribution in [0, 0.1) is 0 Å². The Balaban J connectivity index is 1.30. The Morgan fingerprint density at radius 2 is 1.94 bits per heavy atom. The Hall–Kier alpha value is -3.94. The van der Waals surface area contributed by atoms with E-state index in [1.807, 2.05) is 30.3 Å². The minimum atomic E-state index is -0.444. The lowest BCUT2D eigenvalue weighted by Crippen LogP contribution is -2.32. The van der Waals surface area contributed by atoms with Crippen LogP contribution < -0.4 is 15.4 Å². The first kappa shape index (κ1) is 20.3. The van der Waals surface area contributed by atoms with E-state index in [-0.39, 0.29) is 24.9 Å². The molecule has 1 fully saturated rings. The molecular weight excluding hydrogens is 396 g/mol. The molecule has 0 spiro atoms. The van der Waals surface area contributed by atoms with Gasteiger partial charge >= 0.3 is 6.03 Å². The van der Waals surface area contributed by atoms with Crippen LogP contribution in [0.4, 0.5) is 4.79 Å². The number of hydrogen-bond donors (Lipinski definition) is 2. The smallest absolute Gasteiger partial charge is 0.324 e. The first-order valence-corrected chi connectivity index (χ1v) is 10.0. The second kappa shape index (κ2) is 9.25. The summed E-state index contributed by atoms with van der Waals surface area (Å²) in [6.45, 7) is 0.902. The van der Waals surface area contributed by atoms with E-state index >= 15 is 0 Å². The van der Waals surface area contributed by atoms with Crippen LogP contribution in [0.1, 0.15) is 22.3 Å². The highest BCUT2D eigenvalue weighted by molar-refractivity contribution is 6.02. The molecule has 2 N–H and O–H groups in total. The number of benzene rings is 2. The maximum atomic E-state index is 12.6. The van der Waals surface area contributed by atoms with Crippen LogP contribution in [-0.4, -0.2) is 47.4 Å². The number of nitrogens with one attached hydrogen (secondary N) is 2. The molecule has 0 unspecified atom stereocenters. The predicted molar refractivity (Wildman–Crippen MR) is 115 cm³/mol. The minimum absolute atomic E-state index is 0.0145. The highest BCUT2D eigenvalue weighted by Crippen LogP contribution is 2.23. The van der Waals surface area contributed by atoms with E-state index in [2.05, 4.69) is 15.6 Å². The summed E-state index contributed by atoms with van der Waals surface area (Å²) in [5, 5.41) is 6.36. The number of ether oxygens (including phenoxy) is 1. The summed E-state index contributed by atoms with van der Waals surface area (Å²) in [6.07, 6.45) is 2.34. The van der Waals surface area contributed by atoms with Crippen molar-refractivity contribution in [3.63, 3.8) is 0 Å². The van der Waals surface area contributed by atoms with Crippen molar-refractivity contribution in [1.82, 2.24) is 20.5 Å². The molecule has 8 heteroatoms. The maximum Gasteiger partial charge on any atom is 0.324 e. The van der Waals surface area contributed by atoms with E-state index in [4.69, 9.17) is 4.74 Å². The molecular formula is C23H22N4O4. The van der Waals surface area contributed by atoms with E-state index in [1.54, 1.807) is 30.5 Å². The minimum Gasteiger partial charge on any atom is -0.491 e. The van der Waals surface area contributed by atoms with Crippen LogP contribution >= 0.6 is 0 Å². The molecule has 0 bridgehead atoms. The molecule has 0 aliphatic carbocycles. The lowest BCUT2D eigenvalue weighted by Gasteiger charge is -2.15. The number of imide groups is 1. The summed E-state index contributed by atoms with van der Waals surface area (Å²) in [5.41, 5.74) is 1.86. The van der Waals surface area contributed by atoms with Gasteiger partial charge in [-0.2, -0.15) is 0 Å². The second-order valence-electron chi connectivity index (χ2n) is 7.08. The fraction of sp³-hybridized carbons (Fsp3) is 0.217. The molecule has 31 heavy (non-hydrogen) atoms. The van der Waals surface area contributed by atoms with Crippen molar-refractivity contribution in [2.75, 3.05) is 19.7 Å². The standard InChI is InChI=1S/C23H22N4O4/c28-20-14-26-23(30)27(20)15-17-6-1-2-9-18(17)22(29)25-12-5-13-31-19-10-3-7-16-8-4-11-24-21(16)19/h1-4,6-11H,5,12-15H2,(H,25,29)(H,26,30). The van der Waals surface area contributed by atoms with Crippen LogP contribution in [0.15, 0.2) is 60.8 Å². The third-order valence-electron chi connectivity index (χ3n) is 4.99. The van der Waals surface area contributed by atoms with E-state index in [9.17, 15) is 14.4 Å². The summed E-state index contributed by atoms with van der Waals surface area (Å²) in [7, 11) is 0. The molecule has 1 saturated heterocycles. The number of aromatic nitrogens is 1. The highest BCUT2D eigenvalue weighted by atomic mass is 16.5. The highest BCUT2D eigenvalue weighted by Gasteiger charge is 2.29. The summed E-state index contributed by atoms with van der Waals surface area (Å²) in [5.74, 6) is 0.151. The molecule has 1 aliphatic heterocycles. The average Bonchev–Trinajstić information content (AvgIpc) is 3.11. The third-order valence-corrected chi connectivity index (χ3v) is 4.99. The molecule has 2 heterocycles. The number of pyridine rings is 1. The molecule has 0 saturated carbocycles. The molecule has 2 aromatic carbocycles. The number of nitrogens with zero attached hydrogens (tertiary/aromatic N) is 2. The van der Waals surface area contributed by atoms with Crippen molar-refractivity contribution in [2.45, 2.75) is 13.0 Å². The largest absolute Gasteiger partial charge is 0.491 e. The monoisotopic (exact) mass is 418 g/mol. The van der Waals surface area contributed by atoms with Gasteiger partial charge < -0.3 is 15.4 Å². The van der Waals surface area contributed by atoms with Gasteiger partial charge in [0, 0.05) is 23.7 Å². The van der Waals surface area contributed by atoms with Crippen molar-refractivity contribution in [3.8, 4) is 5.75 Å². The molecule has 0 radical (unpaired) electrons. The van der Waals surface area contributed by atoms with Gasteiger partial charge in [-0.25, -0.2) is 4.79 Å². The Labute approximate surface area is 179 Å². The SMILES string of the molecule is O=C(NCCCOc1cccc2cccnc12)c1ccccc1CN1C(=O)CNC1=O. The number of rotatable bonds is 8. The number of fused-ring (bicyclic) bond motifs is 1. The zero-order chi connectivity index (χ0) is 21.6. The van der Waals surface area contributed by atoms with Crippen LogP contribution in [0.25, 0.3) is 10.9 Å². The van der Waals surface area contributed by atoms with Crippen molar-refractivity contribution in [2.24, 2.45) is 0 Å². The Kier molecular flexibility index (Phi) is 6.07. The number of amides is 4. The van der Waals surface area contributed by atoms with Gasteiger partial charge in [-0.1, -0.05) is 36.4 Å². The molecule has 1 aromatic heterocycles. The quantitative estimate of drug-likeness (QED) is 0.432. The Morgan fingerprint density at radius 1 is 1.10 bits per heavy atom.